The number of carbonyl (C=O) groups excluding carboxylic acids is 1. The number of fused-ring (bicyclic) bond motifs is 1. The molecular formula is C22H25N3O. The second-order valence-electron chi connectivity index (χ2n) is 6.67. The first-order valence-electron chi connectivity index (χ1n) is 8.86. The number of hydrogen-bond acceptors (Lipinski definition) is 2. The van der Waals surface area contributed by atoms with Gasteiger partial charge >= 0.3 is 6.03 Å². The Morgan fingerprint density at radius 1 is 0.923 bits per heavy atom. The highest BCUT2D eigenvalue weighted by atomic mass is 16.2. The lowest BCUT2D eigenvalue weighted by molar-refractivity contribution is 0.242. The Bertz CT molecular complexity index is 856. The molecule has 0 fully saturated rings. The summed E-state index contributed by atoms with van der Waals surface area (Å²) in [6, 6.07) is 24.4. The second kappa shape index (κ2) is 8.50. The molecule has 0 aliphatic rings. The van der Waals surface area contributed by atoms with Gasteiger partial charge in [-0.3, -0.25) is 0 Å². The van der Waals surface area contributed by atoms with Crippen LogP contribution in [-0.2, 0) is 6.42 Å². The number of rotatable bonds is 6. The first-order valence-corrected chi connectivity index (χ1v) is 8.86. The molecule has 0 aliphatic heterocycles. The highest BCUT2D eigenvalue weighted by molar-refractivity contribution is 6.01. The van der Waals surface area contributed by atoms with Gasteiger partial charge < -0.3 is 15.5 Å². The first-order chi connectivity index (χ1) is 12.6. The molecule has 3 rings (SSSR count). The van der Waals surface area contributed by atoms with Crippen molar-refractivity contribution in [2.45, 2.75) is 12.5 Å². The minimum Gasteiger partial charge on any atom is -0.336 e. The maximum Gasteiger partial charge on any atom is 0.319 e. The minimum atomic E-state index is -0.179. The molecule has 0 saturated carbocycles. The predicted octanol–water partition coefficient (Wildman–Crippen LogP) is 4.13. The van der Waals surface area contributed by atoms with Gasteiger partial charge in [-0.1, -0.05) is 66.7 Å². The van der Waals surface area contributed by atoms with E-state index in [0.29, 0.717) is 6.54 Å². The van der Waals surface area contributed by atoms with Crippen molar-refractivity contribution >= 4 is 22.5 Å². The quantitative estimate of drug-likeness (QED) is 0.704. The number of nitrogens with zero attached hydrogens (tertiary/aromatic N) is 1. The summed E-state index contributed by atoms with van der Waals surface area (Å²) in [4.78, 5) is 14.5. The van der Waals surface area contributed by atoms with Crippen LogP contribution in [0, 0.1) is 0 Å². The number of hydrogen-bond donors (Lipinski definition) is 2. The van der Waals surface area contributed by atoms with Gasteiger partial charge in [-0.2, -0.15) is 0 Å². The third kappa shape index (κ3) is 4.61. The molecule has 0 saturated heterocycles. The molecule has 134 valence electrons. The van der Waals surface area contributed by atoms with E-state index in [2.05, 4.69) is 27.7 Å². The van der Waals surface area contributed by atoms with Crippen molar-refractivity contribution in [1.82, 2.24) is 10.2 Å². The van der Waals surface area contributed by atoms with Crippen molar-refractivity contribution in [1.29, 1.82) is 0 Å². The Balaban J connectivity index is 1.61. The fraction of sp³-hybridized carbons (Fsp3) is 0.227. The van der Waals surface area contributed by atoms with Gasteiger partial charge in [0.15, 0.2) is 0 Å². The molecule has 4 nitrogen and oxygen atoms in total. The van der Waals surface area contributed by atoms with Crippen LogP contribution in [-0.4, -0.2) is 37.6 Å². The van der Waals surface area contributed by atoms with Gasteiger partial charge in [0.2, 0.25) is 0 Å². The second-order valence-corrected chi connectivity index (χ2v) is 6.67. The van der Waals surface area contributed by atoms with E-state index in [9.17, 15) is 4.79 Å². The SMILES string of the molecule is CN(C)C(CNC(=O)Nc1cccc2ccccc12)Cc1ccccc1. The van der Waals surface area contributed by atoms with E-state index < -0.39 is 0 Å². The standard InChI is InChI=1S/C22H25N3O/c1-25(2)19(15-17-9-4-3-5-10-17)16-23-22(26)24-21-14-8-12-18-11-6-7-13-20(18)21/h3-14,19H,15-16H2,1-2H3,(H2,23,24,26). The third-order valence-electron chi connectivity index (χ3n) is 4.58. The van der Waals surface area contributed by atoms with Gasteiger partial charge in [-0.25, -0.2) is 4.79 Å². The summed E-state index contributed by atoms with van der Waals surface area (Å²) >= 11 is 0. The van der Waals surface area contributed by atoms with Crippen LogP contribution in [0.1, 0.15) is 5.56 Å². The molecule has 2 N–H and O–H groups in total. The summed E-state index contributed by atoms with van der Waals surface area (Å²) in [5, 5.41) is 8.13. The van der Waals surface area contributed by atoms with E-state index in [1.807, 2.05) is 74.8 Å². The van der Waals surface area contributed by atoms with E-state index in [1.165, 1.54) is 5.56 Å². The number of likely N-dealkylation sites (N-methyl/N-ethyl adjacent to an activating group) is 1. The summed E-state index contributed by atoms with van der Waals surface area (Å²) < 4.78 is 0. The fourth-order valence-corrected chi connectivity index (χ4v) is 3.03. The maximum atomic E-state index is 12.4. The van der Waals surface area contributed by atoms with Gasteiger partial charge in [0, 0.05) is 18.0 Å². The van der Waals surface area contributed by atoms with Crippen LogP contribution in [0.5, 0.6) is 0 Å². The molecule has 1 atom stereocenters. The monoisotopic (exact) mass is 347 g/mol. The third-order valence-corrected chi connectivity index (χ3v) is 4.58. The van der Waals surface area contributed by atoms with E-state index in [1.54, 1.807) is 0 Å². The molecule has 4 heteroatoms. The molecular weight excluding hydrogens is 322 g/mol. The first kappa shape index (κ1) is 18.0. The highest BCUT2D eigenvalue weighted by Crippen LogP contribution is 2.22. The number of amides is 2. The van der Waals surface area contributed by atoms with Gasteiger partial charge in [-0.05, 0) is 37.5 Å². The maximum absolute atomic E-state index is 12.4. The smallest absolute Gasteiger partial charge is 0.319 e. The molecule has 2 amide bonds. The van der Waals surface area contributed by atoms with Gasteiger partial charge in [-0.15, -0.1) is 0 Å². The molecule has 0 heterocycles. The fourth-order valence-electron chi connectivity index (χ4n) is 3.03. The van der Waals surface area contributed by atoms with E-state index in [4.69, 9.17) is 0 Å². The van der Waals surface area contributed by atoms with Gasteiger partial charge in [0.1, 0.15) is 0 Å². The predicted molar refractivity (Wildman–Crippen MR) is 109 cm³/mol. The zero-order valence-corrected chi connectivity index (χ0v) is 15.3. The molecule has 0 radical (unpaired) electrons. The van der Waals surface area contributed by atoms with E-state index in [0.717, 1.165) is 22.9 Å². The number of anilines is 1. The molecule has 0 bridgehead atoms. The van der Waals surface area contributed by atoms with Gasteiger partial charge in [0.25, 0.3) is 0 Å². The Hall–Kier alpha value is -2.85. The Morgan fingerprint density at radius 2 is 1.62 bits per heavy atom. The summed E-state index contributed by atoms with van der Waals surface area (Å²) in [7, 11) is 4.08. The normalized spacial score (nSPS) is 12.1. The average Bonchev–Trinajstić information content (AvgIpc) is 2.66. The number of benzene rings is 3. The summed E-state index contributed by atoms with van der Waals surface area (Å²) in [6.07, 6.45) is 0.891. The summed E-state index contributed by atoms with van der Waals surface area (Å²) in [6.45, 7) is 0.582. The van der Waals surface area contributed by atoms with Crippen LogP contribution >= 0.6 is 0 Å². The van der Waals surface area contributed by atoms with Crippen LogP contribution in [0.2, 0.25) is 0 Å². The van der Waals surface area contributed by atoms with Crippen LogP contribution < -0.4 is 10.6 Å². The lowest BCUT2D eigenvalue weighted by Crippen LogP contribution is -2.43. The highest BCUT2D eigenvalue weighted by Gasteiger charge is 2.14. The molecule has 0 spiro atoms. The average molecular weight is 347 g/mol. The number of carbonyl (C=O) groups is 1. The van der Waals surface area contributed by atoms with Gasteiger partial charge in [0.05, 0.1) is 5.69 Å². The molecule has 1 unspecified atom stereocenters. The lowest BCUT2D eigenvalue weighted by Gasteiger charge is -2.25. The summed E-state index contributed by atoms with van der Waals surface area (Å²) in [5.74, 6) is 0. The van der Waals surface area contributed by atoms with E-state index >= 15 is 0 Å². The van der Waals surface area contributed by atoms with Crippen molar-refractivity contribution in [2.75, 3.05) is 26.0 Å². The van der Waals surface area contributed by atoms with Crippen LogP contribution in [0.4, 0.5) is 10.5 Å². The minimum absolute atomic E-state index is 0.179. The molecule has 3 aromatic rings. The van der Waals surface area contributed by atoms with Crippen LogP contribution in [0.15, 0.2) is 72.8 Å². The van der Waals surface area contributed by atoms with Crippen molar-refractivity contribution in [3.63, 3.8) is 0 Å². The molecule has 3 aromatic carbocycles. The van der Waals surface area contributed by atoms with E-state index in [-0.39, 0.29) is 12.1 Å². The number of urea groups is 1. The largest absolute Gasteiger partial charge is 0.336 e. The Kier molecular flexibility index (Phi) is 5.87. The molecule has 0 aliphatic carbocycles. The van der Waals surface area contributed by atoms with Crippen LogP contribution in [0.25, 0.3) is 10.8 Å². The topological polar surface area (TPSA) is 44.4 Å². The van der Waals surface area contributed by atoms with Crippen molar-refractivity contribution in [3.8, 4) is 0 Å². The van der Waals surface area contributed by atoms with Crippen LogP contribution in [0.3, 0.4) is 0 Å². The zero-order valence-electron chi connectivity index (χ0n) is 15.3. The molecule has 26 heavy (non-hydrogen) atoms. The Labute approximate surface area is 154 Å². The van der Waals surface area contributed by atoms with Crippen molar-refractivity contribution in [2.24, 2.45) is 0 Å². The van der Waals surface area contributed by atoms with Crippen molar-refractivity contribution in [3.05, 3.63) is 78.4 Å². The lowest BCUT2D eigenvalue weighted by atomic mass is 10.1. The Morgan fingerprint density at radius 3 is 2.38 bits per heavy atom. The van der Waals surface area contributed by atoms with Crippen molar-refractivity contribution < 1.29 is 4.79 Å². The number of nitrogens with one attached hydrogen (secondary N) is 2. The molecule has 0 aromatic heterocycles. The zero-order chi connectivity index (χ0) is 18.4. The summed E-state index contributed by atoms with van der Waals surface area (Å²) in [5.41, 5.74) is 2.09.